The number of thiophene rings is 1. The van der Waals surface area contributed by atoms with Gasteiger partial charge in [0, 0.05) is 29.1 Å². The Hall–Kier alpha value is -2.47. The van der Waals surface area contributed by atoms with Crippen LogP contribution in [0.15, 0.2) is 47.9 Å². The average molecular weight is 328 g/mol. The number of non-ortho nitro benzene ring substituents is 1. The van der Waals surface area contributed by atoms with Crippen molar-refractivity contribution in [3.63, 3.8) is 0 Å². The molecule has 0 N–H and O–H groups in total. The summed E-state index contributed by atoms with van der Waals surface area (Å²) in [5.74, 6) is -0.0487. The molecular weight excluding hydrogens is 312 g/mol. The fraction of sp³-hybridized carbons (Fsp3) is 0.235. The van der Waals surface area contributed by atoms with Crippen molar-refractivity contribution >= 4 is 29.0 Å². The number of carbonyl (C=O) groups excluding carboxylic acids is 1. The zero-order valence-electron chi connectivity index (χ0n) is 12.4. The predicted molar refractivity (Wildman–Crippen MR) is 90.0 cm³/mol. The second kappa shape index (κ2) is 6.75. The van der Waals surface area contributed by atoms with E-state index in [4.69, 9.17) is 0 Å². The summed E-state index contributed by atoms with van der Waals surface area (Å²) in [7, 11) is 0. The number of rotatable bonds is 6. The van der Waals surface area contributed by atoms with Gasteiger partial charge in [-0.1, -0.05) is 18.2 Å². The molecule has 0 radical (unpaired) electrons. The van der Waals surface area contributed by atoms with Gasteiger partial charge in [0.05, 0.1) is 11.5 Å². The van der Waals surface area contributed by atoms with Crippen LogP contribution in [0.4, 0.5) is 5.69 Å². The van der Waals surface area contributed by atoms with E-state index in [0.29, 0.717) is 18.2 Å². The standard InChI is InChI=1S/C17H16N2O3S/c20-17(9-6-13-3-1-4-15(11-13)19(21)22)18(14-7-8-14)12-16-5-2-10-23-16/h1-6,9-11,14H,7-8,12H2. The second-order valence-corrected chi connectivity index (χ2v) is 6.49. The summed E-state index contributed by atoms with van der Waals surface area (Å²) in [5, 5.41) is 12.8. The van der Waals surface area contributed by atoms with Crippen molar-refractivity contribution in [1.82, 2.24) is 4.90 Å². The van der Waals surface area contributed by atoms with Gasteiger partial charge in [0.15, 0.2) is 0 Å². The predicted octanol–water partition coefficient (Wildman–Crippen LogP) is 3.86. The van der Waals surface area contributed by atoms with E-state index in [0.717, 1.165) is 17.7 Å². The number of carbonyl (C=O) groups is 1. The van der Waals surface area contributed by atoms with Crippen LogP contribution in [0.2, 0.25) is 0 Å². The molecule has 1 fully saturated rings. The van der Waals surface area contributed by atoms with E-state index in [1.165, 1.54) is 18.2 Å². The highest BCUT2D eigenvalue weighted by Crippen LogP contribution is 2.29. The third-order valence-corrected chi connectivity index (χ3v) is 4.54. The molecule has 1 amide bonds. The van der Waals surface area contributed by atoms with Crippen molar-refractivity contribution in [2.45, 2.75) is 25.4 Å². The molecule has 3 rings (SSSR count). The van der Waals surface area contributed by atoms with Gasteiger partial charge < -0.3 is 4.90 Å². The van der Waals surface area contributed by atoms with Crippen molar-refractivity contribution in [3.8, 4) is 0 Å². The topological polar surface area (TPSA) is 63.4 Å². The SMILES string of the molecule is O=C(C=Cc1cccc([N+](=O)[O-])c1)N(Cc1cccs1)C1CC1. The first-order chi connectivity index (χ1) is 11.1. The van der Waals surface area contributed by atoms with Crippen LogP contribution in [0.5, 0.6) is 0 Å². The highest BCUT2D eigenvalue weighted by molar-refractivity contribution is 7.09. The molecule has 0 spiro atoms. The normalized spacial score (nSPS) is 14.1. The van der Waals surface area contributed by atoms with Gasteiger partial charge in [-0.15, -0.1) is 11.3 Å². The molecule has 1 aromatic carbocycles. The Labute approximate surface area is 138 Å². The Morgan fingerprint density at radius 2 is 2.17 bits per heavy atom. The number of nitro benzene ring substituents is 1. The highest BCUT2D eigenvalue weighted by atomic mass is 32.1. The summed E-state index contributed by atoms with van der Waals surface area (Å²) in [4.78, 5) is 25.8. The van der Waals surface area contributed by atoms with Gasteiger partial charge in [-0.25, -0.2) is 0 Å². The summed E-state index contributed by atoms with van der Waals surface area (Å²) in [6, 6.07) is 10.6. The molecule has 0 aliphatic heterocycles. The molecule has 1 aromatic heterocycles. The van der Waals surface area contributed by atoms with E-state index in [1.807, 2.05) is 22.4 Å². The number of benzene rings is 1. The van der Waals surface area contributed by atoms with Crippen molar-refractivity contribution in [3.05, 3.63) is 68.4 Å². The maximum atomic E-state index is 12.5. The molecule has 118 valence electrons. The lowest BCUT2D eigenvalue weighted by molar-refractivity contribution is -0.384. The Morgan fingerprint density at radius 1 is 1.35 bits per heavy atom. The minimum Gasteiger partial charge on any atom is -0.331 e. The number of hydrogen-bond donors (Lipinski definition) is 0. The highest BCUT2D eigenvalue weighted by Gasteiger charge is 2.31. The van der Waals surface area contributed by atoms with Gasteiger partial charge in [0.25, 0.3) is 5.69 Å². The number of nitrogens with zero attached hydrogens (tertiary/aromatic N) is 2. The van der Waals surface area contributed by atoms with Crippen LogP contribution in [0.3, 0.4) is 0 Å². The van der Waals surface area contributed by atoms with E-state index >= 15 is 0 Å². The lowest BCUT2D eigenvalue weighted by Crippen LogP contribution is -2.30. The van der Waals surface area contributed by atoms with Gasteiger partial charge in [-0.2, -0.15) is 0 Å². The van der Waals surface area contributed by atoms with E-state index in [-0.39, 0.29) is 11.6 Å². The quantitative estimate of drug-likeness (QED) is 0.459. The first-order valence-corrected chi connectivity index (χ1v) is 8.27. The van der Waals surface area contributed by atoms with Crippen LogP contribution in [0.1, 0.15) is 23.3 Å². The van der Waals surface area contributed by atoms with Gasteiger partial charge in [0.2, 0.25) is 5.91 Å². The van der Waals surface area contributed by atoms with E-state index in [1.54, 1.807) is 29.5 Å². The molecule has 0 saturated heterocycles. The van der Waals surface area contributed by atoms with Crippen molar-refractivity contribution < 1.29 is 9.72 Å². The first-order valence-electron chi connectivity index (χ1n) is 7.39. The van der Waals surface area contributed by atoms with Crippen LogP contribution in [-0.2, 0) is 11.3 Å². The molecular formula is C17H16N2O3S. The van der Waals surface area contributed by atoms with E-state index < -0.39 is 4.92 Å². The van der Waals surface area contributed by atoms with E-state index in [9.17, 15) is 14.9 Å². The monoisotopic (exact) mass is 328 g/mol. The van der Waals surface area contributed by atoms with E-state index in [2.05, 4.69) is 0 Å². The fourth-order valence-corrected chi connectivity index (χ4v) is 3.05. The number of amides is 1. The summed E-state index contributed by atoms with van der Waals surface area (Å²) in [6.45, 7) is 0.625. The molecule has 1 aliphatic carbocycles. The van der Waals surface area contributed by atoms with Crippen LogP contribution in [0, 0.1) is 10.1 Å². The Balaban J connectivity index is 1.71. The third-order valence-electron chi connectivity index (χ3n) is 3.68. The average Bonchev–Trinajstić information content (AvgIpc) is 3.26. The summed E-state index contributed by atoms with van der Waals surface area (Å²) in [6.07, 6.45) is 5.23. The molecule has 0 atom stereocenters. The van der Waals surface area contributed by atoms with Gasteiger partial charge in [-0.3, -0.25) is 14.9 Å². The summed E-state index contributed by atoms with van der Waals surface area (Å²) >= 11 is 1.64. The lowest BCUT2D eigenvalue weighted by atomic mass is 10.2. The summed E-state index contributed by atoms with van der Waals surface area (Å²) < 4.78 is 0. The Bertz CT molecular complexity index is 736. The minimum atomic E-state index is -0.438. The van der Waals surface area contributed by atoms with Gasteiger partial charge >= 0.3 is 0 Å². The molecule has 2 aromatic rings. The third kappa shape index (κ3) is 4.04. The molecule has 6 heteroatoms. The van der Waals surface area contributed by atoms with Crippen LogP contribution in [0.25, 0.3) is 6.08 Å². The van der Waals surface area contributed by atoms with Crippen LogP contribution >= 0.6 is 11.3 Å². The summed E-state index contributed by atoms with van der Waals surface area (Å²) in [5.41, 5.74) is 0.677. The Morgan fingerprint density at radius 3 is 2.83 bits per heavy atom. The van der Waals surface area contributed by atoms with Gasteiger partial charge in [-0.05, 0) is 35.9 Å². The zero-order chi connectivity index (χ0) is 16.2. The van der Waals surface area contributed by atoms with Crippen molar-refractivity contribution in [2.75, 3.05) is 0 Å². The zero-order valence-corrected chi connectivity index (χ0v) is 13.2. The second-order valence-electron chi connectivity index (χ2n) is 5.46. The van der Waals surface area contributed by atoms with Gasteiger partial charge in [0.1, 0.15) is 0 Å². The van der Waals surface area contributed by atoms with Crippen molar-refractivity contribution in [2.24, 2.45) is 0 Å². The maximum Gasteiger partial charge on any atom is 0.270 e. The molecule has 0 unspecified atom stereocenters. The molecule has 23 heavy (non-hydrogen) atoms. The first kappa shape index (κ1) is 15.4. The lowest BCUT2D eigenvalue weighted by Gasteiger charge is -2.19. The number of nitro groups is 1. The molecule has 0 bridgehead atoms. The molecule has 1 aliphatic rings. The molecule has 1 saturated carbocycles. The fourth-order valence-electron chi connectivity index (χ4n) is 2.35. The maximum absolute atomic E-state index is 12.5. The minimum absolute atomic E-state index is 0.0252. The Kier molecular flexibility index (Phi) is 4.52. The molecule has 1 heterocycles. The van der Waals surface area contributed by atoms with Crippen LogP contribution < -0.4 is 0 Å². The van der Waals surface area contributed by atoms with Crippen molar-refractivity contribution in [1.29, 1.82) is 0 Å². The smallest absolute Gasteiger partial charge is 0.270 e. The molecule has 5 nitrogen and oxygen atoms in total. The largest absolute Gasteiger partial charge is 0.331 e. The number of hydrogen-bond acceptors (Lipinski definition) is 4. The van der Waals surface area contributed by atoms with Crippen LogP contribution in [-0.4, -0.2) is 21.8 Å².